The monoisotopic (exact) mass is 411 g/mol. The van der Waals surface area contributed by atoms with E-state index in [-0.39, 0.29) is 11.7 Å². The Kier molecular flexibility index (Phi) is 4.89. The van der Waals surface area contributed by atoms with E-state index in [0.29, 0.717) is 54.9 Å². The molecule has 1 aliphatic heterocycles. The lowest BCUT2D eigenvalue weighted by molar-refractivity contribution is 0.0697. The van der Waals surface area contributed by atoms with Gasteiger partial charge in [0.15, 0.2) is 11.5 Å². The van der Waals surface area contributed by atoms with Crippen molar-refractivity contribution in [3.63, 3.8) is 0 Å². The number of fused-ring (bicyclic) bond motifs is 2. The van der Waals surface area contributed by atoms with Gasteiger partial charge in [-0.15, -0.1) is 0 Å². The molecule has 4 aromatic rings. The highest BCUT2D eigenvalue weighted by atomic mass is 16.5. The molecule has 0 aliphatic carbocycles. The third kappa shape index (κ3) is 3.21. The van der Waals surface area contributed by atoms with Crippen molar-refractivity contribution in [2.45, 2.75) is 18.9 Å². The Morgan fingerprint density at radius 3 is 2.93 bits per heavy atom. The third-order valence-electron chi connectivity index (χ3n) is 5.18. The molecular weight excluding hydrogens is 390 g/mol. The van der Waals surface area contributed by atoms with E-state index in [9.17, 15) is 4.79 Å². The fourth-order valence-corrected chi connectivity index (χ4v) is 3.71. The SMILES string of the molecule is COCCOc1nc(-c2cnn3ccncc23)nc2c1[nH]c(=O)n2C1CCOCC1. The highest BCUT2D eigenvalue weighted by molar-refractivity contribution is 5.82. The minimum absolute atomic E-state index is 0.000137. The minimum atomic E-state index is -0.235. The summed E-state index contributed by atoms with van der Waals surface area (Å²) in [6.07, 6.45) is 8.27. The van der Waals surface area contributed by atoms with E-state index < -0.39 is 0 Å². The Morgan fingerprint density at radius 1 is 1.23 bits per heavy atom. The van der Waals surface area contributed by atoms with E-state index in [1.807, 2.05) is 0 Å². The molecule has 1 aliphatic rings. The number of methoxy groups -OCH3 is 1. The third-order valence-corrected chi connectivity index (χ3v) is 5.18. The molecule has 4 aromatic heterocycles. The summed E-state index contributed by atoms with van der Waals surface area (Å²) < 4.78 is 19.8. The molecule has 1 saturated heterocycles. The number of nitrogens with zero attached hydrogens (tertiary/aromatic N) is 6. The summed E-state index contributed by atoms with van der Waals surface area (Å²) >= 11 is 0. The molecule has 0 aromatic carbocycles. The number of imidazole rings is 1. The Hall–Kier alpha value is -3.31. The van der Waals surface area contributed by atoms with Crippen molar-refractivity contribution < 1.29 is 14.2 Å². The molecular formula is C19H21N7O4. The van der Waals surface area contributed by atoms with Crippen LogP contribution >= 0.6 is 0 Å². The Labute approximate surface area is 170 Å². The molecule has 0 unspecified atom stereocenters. The maximum atomic E-state index is 12.8. The largest absolute Gasteiger partial charge is 0.474 e. The molecule has 0 radical (unpaired) electrons. The van der Waals surface area contributed by atoms with Crippen LogP contribution in [0.5, 0.6) is 5.88 Å². The zero-order valence-corrected chi connectivity index (χ0v) is 16.4. The van der Waals surface area contributed by atoms with Crippen molar-refractivity contribution in [3.8, 4) is 17.3 Å². The van der Waals surface area contributed by atoms with Crippen molar-refractivity contribution in [3.05, 3.63) is 35.3 Å². The number of hydrogen-bond acceptors (Lipinski definition) is 8. The lowest BCUT2D eigenvalue weighted by Gasteiger charge is -2.22. The molecule has 11 nitrogen and oxygen atoms in total. The van der Waals surface area contributed by atoms with Crippen LogP contribution in [0.2, 0.25) is 0 Å². The van der Waals surface area contributed by atoms with Crippen molar-refractivity contribution in [2.75, 3.05) is 33.5 Å². The van der Waals surface area contributed by atoms with Gasteiger partial charge in [0.05, 0.1) is 30.1 Å². The fraction of sp³-hybridized carbons (Fsp3) is 0.421. The fourth-order valence-electron chi connectivity index (χ4n) is 3.71. The lowest BCUT2D eigenvalue weighted by atomic mass is 10.1. The normalized spacial score (nSPS) is 15.2. The predicted molar refractivity (Wildman–Crippen MR) is 107 cm³/mol. The van der Waals surface area contributed by atoms with E-state index in [1.165, 1.54) is 0 Å². The predicted octanol–water partition coefficient (Wildman–Crippen LogP) is 1.21. The van der Waals surface area contributed by atoms with E-state index in [4.69, 9.17) is 19.2 Å². The first-order valence-corrected chi connectivity index (χ1v) is 9.75. The van der Waals surface area contributed by atoms with Gasteiger partial charge in [0.2, 0.25) is 5.88 Å². The Bertz CT molecular complexity index is 1240. The molecule has 1 fully saturated rings. The summed E-state index contributed by atoms with van der Waals surface area (Å²) in [6, 6.07) is 0.000137. The minimum Gasteiger partial charge on any atom is -0.474 e. The molecule has 5 heterocycles. The van der Waals surface area contributed by atoms with Crippen LogP contribution in [0.4, 0.5) is 0 Å². The summed E-state index contributed by atoms with van der Waals surface area (Å²) in [7, 11) is 1.60. The summed E-state index contributed by atoms with van der Waals surface area (Å²) in [5, 5.41) is 4.34. The van der Waals surface area contributed by atoms with Gasteiger partial charge in [-0.05, 0) is 12.8 Å². The van der Waals surface area contributed by atoms with Gasteiger partial charge in [-0.1, -0.05) is 0 Å². The molecule has 11 heteroatoms. The first-order valence-electron chi connectivity index (χ1n) is 9.75. The highest BCUT2D eigenvalue weighted by Gasteiger charge is 2.25. The van der Waals surface area contributed by atoms with Crippen LogP contribution in [-0.4, -0.2) is 67.7 Å². The number of rotatable bonds is 6. The number of H-pyrrole nitrogens is 1. The Morgan fingerprint density at radius 2 is 2.10 bits per heavy atom. The van der Waals surface area contributed by atoms with E-state index in [1.54, 1.807) is 41.0 Å². The number of hydrogen-bond donors (Lipinski definition) is 1. The standard InChI is InChI=1S/C19H21N7O4/c1-28-8-9-30-18-15-17(26(19(27)22-15)12-2-6-29-7-3-12)23-16(24-18)13-10-21-25-5-4-20-11-14(13)25/h4-5,10-12H,2-3,6-9H2,1H3,(H,22,27). The molecule has 0 spiro atoms. The molecule has 30 heavy (non-hydrogen) atoms. The first kappa shape index (κ1) is 18.7. The van der Waals surface area contributed by atoms with Crippen LogP contribution < -0.4 is 10.4 Å². The van der Waals surface area contributed by atoms with Crippen LogP contribution in [0, 0.1) is 0 Å². The summed E-state index contributed by atoms with van der Waals surface area (Å²) in [4.78, 5) is 29.2. The van der Waals surface area contributed by atoms with E-state index in [2.05, 4.69) is 20.1 Å². The molecule has 156 valence electrons. The maximum Gasteiger partial charge on any atom is 0.328 e. The molecule has 5 rings (SSSR count). The summed E-state index contributed by atoms with van der Waals surface area (Å²) in [5.41, 5.74) is 2.21. The van der Waals surface area contributed by atoms with Gasteiger partial charge in [-0.25, -0.2) is 14.3 Å². The topological polar surface area (TPSA) is 121 Å². The Balaban J connectivity index is 1.69. The zero-order valence-electron chi connectivity index (χ0n) is 16.4. The second kappa shape index (κ2) is 7.84. The van der Waals surface area contributed by atoms with Crippen LogP contribution in [0.15, 0.2) is 29.6 Å². The highest BCUT2D eigenvalue weighted by Crippen LogP contribution is 2.30. The van der Waals surface area contributed by atoms with Crippen molar-refractivity contribution in [1.29, 1.82) is 0 Å². The van der Waals surface area contributed by atoms with Gasteiger partial charge in [0, 0.05) is 38.8 Å². The number of ether oxygens (including phenoxy) is 3. The second-order valence-corrected chi connectivity index (χ2v) is 7.00. The molecule has 1 N–H and O–H groups in total. The van der Waals surface area contributed by atoms with Crippen molar-refractivity contribution in [1.82, 2.24) is 34.1 Å². The summed E-state index contributed by atoms with van der Waals surface area (Å²) in [5.74, 6) is 0.718. The maximum absolute atomic E-state index is 12.8. The molecule has 0 amide bonds. The van der Waals surface area contributed by atoms with Crippen molar-refractivity contribution in [2.24, 2.45) is 0 Å². The van der Waals surface area contributed by atoms with Crippen LogP contribution in [-0.2, 0) is 9.47 Å². The lowest BCUT2D eigenvalue weighted by Crippen LogP contribution is -2.27. The summed E-state index contributed by atoms with van der Waals surface area (Å²) in [6.45, 7) is 1.91. The van der Waals surface area contributed by atoms with Gasteiger partial charge in [0.25, 0.3) is 0 Å². The van der Waals surface area contributed by atoms with Gasteiger partial charge < -0.3 is 14.2 Å². The smallest absolute Gasteiger partial charge is 0.328 e. The number of aromatic amines is 1. The van der Waals surface area contributed by atoms with Gasteiger partial charge in [-0.3, -0.25) is 14.5 Å². The molecule has 0 atom stereocenters. The van der Waals surface area contributed by atoms with Gasteiger partial charge >= 0.3 is 5.69 Å². The van der Waals surface area contributed by atoms with Crippen LogP contribution in [0.1, 0.15) is 18.9 Å². The number of nitrogens with one attached hydrogen (secondary N) is 1. The molecule has 0 bridgehead atoms. The second-order valence-electron chi connectivity index (χ2n) is 7.00. The molecule has 0 saturated carbocycles. The quantitative estimate of drug-likeness (QED) is 0.470. The van der Waals surface area contributed by atoms with Gasteiger partial charge in [-0.2, -0.15) is 10.1 Å². The van der Waals surface area contributed by atoms with Crippen molar-refractivity contribution >= 4 is 16.7 Å². The van der Waals surface area contributed by atoms with E-state index in [0.717, 1.165) is 18.4 Å². The number of aromatic nitrogens is 7. The van der Waals surface area contributed by atoms with Gasteiger partial charge in [0.1, 0.15) is 12.1 Å². The average molecular weight is 411 g/mol. The van der Waals surface area contributed by atoms with E-state index >= 15 is 0 Å². The first-order chi connectivity index (χ1) is 14.8. The average Bonchev–Trinajstić information content (AvgIpc) is 3.35. The van der Waals surface area contributed by atoms with Crippen LogP contribution in [0.3, 0.4) is 0 Å². The van der Waals surface area contributed by atoms with Crippen LogP contribution in [0.25, 0.3) is 28.1 Å². The zero-order chi connectivity index (χ0) is 20.5.